The molecule has 90 heavy (non-hydrogen) atoms. The van der Waals surface area contributed by atoms with Gasteiger partial charge in [-0.3, -0.25) is 0 Å². The van der Waals surface area contributed by atoms with Crippen LogP contribution >= 0.6 is 0 Å². The second-order valence-corrected chi connectivity index (χ2v) is 26.6. The number of para-hydroxylation sites is 2. The highest BCUT2D eigenvalue weighted by Gasteiger charge is 2.45. The largest absolute Gasteiger partial charge is 0.311 e. The summed E-state index contributed by atoms with van der Waals surface area (Å²) >= 11 is 0. The van der Waals surface area contributed by atoms with Gasteiger partial charge in [0, 0.05) is 56.1 Å². The molecule has 2 aliphatic heterocycles. The van der Waals surface area contributed by atoms with Gasteiger partial charge in [-0.15, -0.1) is 0 Å². The molecular formula is C86H68BN3. The molecule has 3 heterocycles. The lowest BCUT2D eigenvalue weighted by Crippen LogP contribution is -2.61. The van der Waals surface area contributed by atoms with Crippen molar-refractivity contribution in [3.63, 3.8) is 0 Å². The van der Waals surface area contributed by atoms with Crippen molar-refractivity contribution in [1.29, 1.82) is 0 Å². The van der Waals surface area contributed by atoms with Crippen LogP contribution in [0, 0.1) is 0 Å². The van der Waals surface area contributed by atoms with E-state index in [9.17, 15) is 0 Å². The molecule has 0 saturated carbocycles. The van der Waals surface area contributed by atoms with E-state index in [2.05, 4.69) is 359 Å². The monoisotopic (exact) mass is 1150 g/mol. The van der Waals surface area contributed by atoms with Gasteiger partial charge in [-0.25, -0.2) is 0 Å². The average molecular weight is 1150 g/mol. The van der Waals surface area contributed by atoms with Gasteiger partial charge in [0.05, 0.1) is 11.0 Å². The molecule has 0 radical (unpaired) electrons. The van der Waals surface area contributed by atoms with Gasteiger partial charge in [0.1, 0.15) is 0 Å². The minimum atomic E-state index is -0.130. The van der Waals surface area contributed by atoms with Crippen LogP contribution < -0.4 is 26.2 Å². The minimum absolute atomic E-state index is 0.123. The molecule has 0 fully saturated rings. The summed E-state index contributed by atoms with van der Waals surface area (Å²) in [5.74, 6) is 0. The Balaban J connectivity index is 1.07. The summed E-state index contributed by atoms with van der Waals surface area (Å²) in [7, 11) is 0. The van der Waals surface area contributed by atoms with Crippen molar-refractivity contribution in [3.05, 3.63) is 314 Å². The fourth-order valence-corrected chi connectivity index (χ4v) is 14.3. The number of nitrogens with zero attached hydrogens (tertiary/aromatic N) is 3. The summed E-state index contributed by atoms with van der Waals surface area (Å²) in [5, 5.41) is 2.41. The summed E-state index contributed by atoms with van der Waals surface area (Å²) in [6.07, 6.45) is 0. The lowest BCUT2D eigenvalue weighted by molar-refractivity contribution is 0.590. The van der Waals surface area contributed by atoms with Crippen LogP contribution in [0.4, 0.5) is 34.1 Å². The first kappa shape index (κ1) is 54.7. The molecule has 0 unspecified atom stereocenters. The zero-order valence-corrected chi connectivity index (χ0v) is 51.8. The summed E-state index contributed by atoms with van der Waals surface area (Å²) in [6.45, 7) is 14.0. The van der Waals surface area contributed by atoms with Gasteiger partial charge in [0.2, 0.25) is 0 Å². The fraction of sp³-hybridized carbons (Fsp3) is 0.0930. The Hall–Kier alpha value is -10.7. The van der Waals surface area contributed by atoms with Crippen LogP contribution in [0.1, 0.15) is 52.7 Å². The average Bonchev–Trinajstić information content (AvgIpc) is 0.739. The van der Waals surface area contributed by atoms with Crippen LogP contribution in [0.2, 0.25) is 0 Å². The molecule has 0 aliphatic carbocycles. The molecule has 0 amide bonds. The molecule has 4 heteroatoms. The summed E-state index contributed by atoms with van der Waals surface area (Å²) < 4.78 is 2.47. The highest BCUT2D eigenvalue weighted by Crippen LogP contribution is 2.51. The number of hydrogen-bond acceptors (Lipinski definition) is 2. The van der Waals surface area contributed by atoms with Gasteiger partial charge >= 0.3 is 0 Å². The molecule has 0 N–H and O–H groups in total. The van der Waals surface area contributed by atoms with E-state index in [1.54, 1.807) is 0 Å². The van der Waals surface area contributed by atoms with Gasteiger partial charge in [-0.1, -0.05) is 254 Å². The Kier molecular flexibility index (Phi) is 13.1. The Morgan fingerprint density at radius 3 is 1.06 bits per heavy atom. The lowest BCUT2D eigenvalue weighted by Gasteiger charge is -2.45. The van der Waals surface area contributed by atoms with E-state index >= 15 is 0 Å². The summed E-state index contributed by atoms with van der Waals surface area (Å²) in [5.41, 5.74) is 30.5. The summed E-state index contributed by atoms with van der Waals surface area (Å²) in [6, 6.07) is 114. The van der Waals surface area contributed by atoms with Gasteiger partial charge in [0.15, 0.2) is 0 Å². The Morgan fingerprint density at radius 1 is 0.267 bits per heavy atom. The molecular weight excluding hydrogens is 1090 g/mol. The molecule has 2 aliphatic rings. The van der Waals surface area contributed by atoms with E-state index in [1.807, 2.05) is 0 Å². The molecule has 1 aromatic heterocycles. The number of fused-ring (bicyclic) bond motifs is 7. The number of hydrogen-bond donors (Lipinski definition) is 0. The standard InChI is InChI=1S/C86H68BN3/c1-85(2,3)68-41-43-79-76(55-68)87-77-56-69(86(4,5)6)42-44-80(77)89(72-49-64(59-31-17-9-18-32-59)46-65(50-72)60-33-19-10-20-34-60)82-54-67(53-81(83(82)87)88(79)71-47-62(57-27-13-7-14-28-57)45-63(48-71)58-29-15-8-16-30-58)66-51-74(61-35-21-11-22-36-61)84-75(52-66)73-39-25-26-40-78(73)90(84)70-37-23-12-24-38-70/h7-56H,1-6H3. The van der Waals surface area contributed by atoms with Crippen molar-refractivity contribution in [1.82, 2.24) is 4.57 Å². The minimum Gasteiger partial charge on any atom is -0.311 e. The topological polar surface area (TPSA) is 11.4 Å². The Morgan fingerprint density at radius 2 is 0.633 bits per heavy atom. The van der Waals surface area contributed by atoms with Crippen molar-refractivity contribution in [2.45, 2.75) is 52.4 Å². The predicted octanol–water partition coefficient (Wildman–Crippen LogP) is 21.5. The maximum absolute atomic E-state index is 2.63. The fourth-order valence-electron chi connectivity index (χ4n) is 14.3. The van der Waals surface area contributed by atoms with Crippen LogP contribution in [0.3, 0.4) is 0 Å². The molecule has 13 aromatic carbocycles. The molecule has 16 rings (SSSR count). The first-order valence-electron chi connectivity index (χ1n) is 31.7. The number of anilines is 6. The lowest BCUT2D eigenvalue weighted by atomic mass is 9.33. The number of aromatic nitrogens is 1. The second kappa shape index (κ2) is 21.6. The SMILES string of the molecule is CC(C)(C)c1ccc2c(c1)B1c3cc(C(C)(C)C)ccc3N(c3cc(-c4ccccc4)cc(-c4ccccc4)c3)c3cc(-c4cc(-c5ccccc5)c5c(c4)c4ccccc4n5-c4ccccc4)cc(c31)N2c1cc(-c2ccccc2)cc(-c2ccccc2)c1. The van der Waals surface area contributed by atoms with Gasteiger partial charge in [-0.05, 0) is 191 Å². The van der Waals surface area contributed by atoms with Gasteiger partial charge in [0.25, 0.3) is 6.71 Å². The molecule has 0 bridgehead atoms. The van der Waals surface area contributed by atoms with Crippen molar-refractivity contribution < 1.29 is 0 Å². The number of benzene rings is 13. The molecule has 430 valence electrons. The van der Waals surface area contributed by atoms with E-state index < -0.39 is 0 Å². The van der Waals surface area contributed by atoms with E-state index in [4.69, 9.17) is 0 Å². The molecule has 3 nitrogen and oxygen atoms in total. The quantitative estimate of drug-likeness (QED) is 0.133. The number of rotatable bonds is 9. The third-order valence-electron chi connectivity index (χ3n) is 18.8. The van der Waals surface area contributed by atoms with Crippen molar-refractivity contribution in [2.24, 2.45) is 0 Å². The van der Waals surface area contributed by atoms with Gasteiger partial charge in [-0.2, -0.15) is 0 Å². The molecule has 0 spiro atoms. The van der Waals surface area contributed by atoms with E-state index in [1.165, 1.54) is 88.5 Å². The van der Waals surface area contributed by atoms with Crippen LogP contribution in [-0.2, 0) is 10.8 Å². The van der Waals surface area contributed by atoms with Crippen LogP contribution in [0.5, 0.6) is 0 Å². The zero-order chi connectivity index (χ0) is 60.8. The maximum Gasteiger partial charge on any atom is 0.252 e. The predicted molar refractivity (Wildman–Crippen MR) is 385 cm³/mol. The molecule has 0 atom stereocenters. The third-order valence-corrected chi connectivity index (χ3v) is 18.8. The van der Waals surface area contributed by atoms with Crippen LogP contribution in [-0.4, -0.2) is 11.3 Å². The second-order valence-electron chi connectivity index (χ2n) is 26.6. The first-order valence-corrected chi connectivity index (χ1v) is 31.7. The maximum atomic E-state index is 2.63. The Labute approximate surface area is 529 Å². The third kappa shape index (κ3) is 9.45. The van der Waals surface area contributed by atoms with E-state index in [-0.39, 0.29) is 17.5 Å². The van der Waals surface area contributed by atoms with Crippen LogP contribution in [0.15, 0.2) is 303 Å². The van der Waals surface area contributed by atoms with Crippen LogP contribution in [0.25, 0.3) is 94.3 Å². The highest BCUT2D eigenvalue weighted by atomic mass is 15.2. The smallest absolute Gasteiger partial charge is 0.252 e. The summed E-state index contributed by atoms with van der Waals surface area (Å²) in [4.78, 5) is 5.26. The molecule has 0 saturated heterocycles. The highest BCUT2D eigenvalue weighted by molar-refractivity contribution is 7.00. The van der Waals surface area contributed by atoms with Crippen molar-refractivity contribution >= 4 is 79.0 Å². The van der Waals surface area contributed by atoms with E-state index in [0.29, 0.717) is 0 Å². The zero-order valence-electron chi connectivity index (χ0n) is 51.8. The van der Waals surface area contributed by atoms with Gasteiger partial charge < -0.3 is 14.4 Å². The normalized spacial score (nSPS) is 12.7. The van der Waals surface area contributed by atoms with Crippen molar-refractivity contribution in [2.75, 3.05) is 9.80 Å². The Bertz CT molecular complexity index is 4730. The van der Waals surface area contributed by atoms with Crippen molar-refractivity contribution in [3.8, 4) is 72.4 Å². The molecule has 14 aromatic rings. The van der Waals surface area contributed by atoms with E-state index in [0.717, 1.165) is 67.4 Å². The first-order chi connectivity index (χ1) is 43.9.